The smallest absolute Gasteiger partial charge is 0.342 e. The van der Waals surface area contributed by atoms with Crippen molar-refractivity contribution in [3.05, 3.63) is 264 Å². The topological polar surface area (TPSA) is 60.2 Å². The molecule has 0 aliphatic heterocycles. The van der Waals surface area contributed by atoms with Crippen LogP contribution in [0.2, 0.25) is 0 Å². The summed E-state index contributed by atoms with van der Waals surface area (Å²) in [4.78, 5) is 26.7. The van der Waals surface area contributed by atoms with E-state index in [0.717, 1.165) is 98.0 Å². The van der Waals surface area contributed by atoms with Gasteiger partial charge >= 0.3 is 20.1 Å². The molecule has 0 fully saturated rings. The van der Waals surface area contributed by atoms with Gasteiger partial charge in [-0.25, -0.2) is 4.98 Å². The number of pyridine rings is 3. The summed E-state index contributed by atoms with van der Waals surface area (Å²) in [6.45, 7) is 0. The normalized spacial score (nSPS) is 11.1. The van der Waals surface area contributed by atoms with Crippen molar-refractivity contribution < 1.29 is 20.1 Å². The molecule has 0 N–H and O–H groups in total. The molecule has 0 amide bonds. The summed E-state index contributed by atoms with van der Waals surface area (Å²) < 4.78 is 2.00. The largest absolute Gasteiger partial charge is 3.00 e. The Morgan fingerprint density at radius 3 is 1.59 bits per heavy atom. The molecule has 0 saturated heterocycles. The number of aromatic nitrogens is 4. The Balaban J connectivity index is 0.00000539. The molecule has 4 aromatic heterocycles. The van der Waals surface area contributed by atoms with Gasteiger partial charge < -0.3 is 14.4 Å². The predicted molar refractivity (Wildman–Crippen MR) is 271 cm³/mol. The third-order valence-corrected chi connectivity index (χ3v) is 12.5. The maximum Gasteiger partial charge on any atom is 3.00 e. The molecular formula is C62H43IrN4O. The third kappa shape index (κ3) is 9.52. The van der Waals surface area contributed by atoms with E-state index in [1.807, 2.05) is 83.7 Å². The van der Waals surface area contributed by atoms with Crippen LogP contribution in [0.25, 0.3) is 83.6 Å². The zero-order valence-electron chi connectivity index (χ0n) is 37.1. The van der Waals surface area contributed by atoms with Crippen LogP contribution < -0.4 is 5.56 Å². The SMILES string of the molecule is O=c1cc(-c2ccc(-c3ccccc3)cc2)n2ccc3cc(-c4ccccc4-c4cc(CCc5c[c-]c(-c6ccccn6)cc5)cc(CCc5c[c-]c(-c6ccccn6)cc5)c4)c[c-]c3c2n1.[Ir+3]. The average Bonchev–Trinajstić information content (AvgIpc) is 3.40. The second-order valence-corrected chi connectivity index (χ2v) is 16.9. The van der Waals surface area contributed by atoms with Crippen LogP contribution in [0.4, 0.5) is 0 Å². The van der Waals surface area contributed by atoms with E-state index in [9.17, 15) is 4.79 Å². The summed E-state index contributed by atoms with van der Waals surface area (Å²) in [7, 11) is 0. The van der Waals surface area contributed by atoms with E-state index < -0.39 is 0 Å². The second kappa shape index (κ2) is 19.9. The Labute approximate surface area is 409 Å². The molecule has 0 saturated carbocycles. The van der Waals surface area contributed by atoms with Crippen LogP contribution in [-0.4, -0.2) is 19.4 Å². The Hall–Kier alpha value is -7.89. The van der Waals surface area contributed by atoms with Crippen molar-refractivity contribution in [3.8, 4) is 67.2 Å². The van der Waals surface area contributed by atoms with Gasteiger partial charge in [0.25, 0.3) is 5.56 Å². The van der Waals surface area contributed by atoms with E-state index in [4.69, 9.17) is 0 Å². The van der Waals surface area contributed by atoms with Gasteiger partial charge in [-0.1, -0.05) is 151 Å². The zero-order chi connectivity index (χ0) is 44.9. The molecule has 0 aliphatic rings. The fourth-order valence-electron chi connectivity index (χ4n) is 9.01. The Kier molecular flexibility index (Phi) is 12.9. The molecular weight excluding hydrogens is 1010 g/mol. The van der Waals surface area contributed by atoms with Crippen molar-refractivity contribution in [2.45, 2.75) is 25.7 Å². The minimum absolute atomic E-state index is 0. The summed E-state index contributed by atoms with van der Waals surface area (Å²) >= 11 is 0. The monoisotopic (exact) mass is 1050 g/mol. The van der Waals surface area contributed by atoms with Gasteiger partial charge in [0.05, 0.1) is 11.3 Å². The third-order valence-electron chi connectivity index (χ3n) is 12.5. The van der Waals surface area contributed by atoms with Crippen molar-refractivity contribution in [2.75, 3.05) is 0 Å². The predicted octanol–water partition coefficient (Wildman–Crippen LogP) is 13.6. The van der Waals surface area contributed by atoms with Crippen molar-refractivity contribution in [3.63, 3.8) is 0 Å². The summed E-state index contributed by atoms with van der Waals surface area (Å²) in [6, 6.07) is 77.5. The summed E-state index contributed by atoms with van der Waals surface area (Å²) in [5, 5.41) is 1.76. The molecule has 326 valence electrons. The van der Waals surface area contributed by atoms with Gasteiger partial charge in [-0.05, 0) is 81.5 Å². The van der Waals surface area contributed by atoms with Crippen molar-refractivity contribution in [2.24, 2.45) is 0 Å². The summed E-state index contributed by atoms with van der Waals surface area (Å²) in [5.41, 5.74) is 17.6. The van der Waals surface area contributed by atoms with Gasteiger partial charge in [0, 0.05) is 18.5 Å². The summed E-state index contributed by atoms with van der Waals surface area (Å²) in [6.07, 6.45) is 9.19. The molecule has 0 aliphatic carbocycles. The molecule has 4 heterocycles. The van der Waals surface area contributed by atoms with Gasteiger partial charge in [-0.2, -0.15) is 0 Å². The fourth-order valence-corrected chi connectivity index (χ4v) is 9.01. The van der Waals surface area contributed by atoms with E-state index in [1.54, 1.807) is 6.07 Å². The number of nitrogens with zero attached hydrogens (tertiary/aromatic N) is 4. The molecule has 11 rings (SSSR count). The van der Waals surface area contributed by atoms with Crippen LogP contribution in [0.1, 0.15) is 22.3 Å². The first-order valence-corrected chi connectivity index (χ1v) is 22.7. The number of fused-ring (bicyclic) bond motifs is 3. The molecule has 5 nitrogen and oxygen atoms in total. The van der Waals surface area contributed by atoms with E-state index in [1.165, 1.54) is 27.8 Å². The van der Waals surface area contributed by atoms with Crippen LogP contribution in [0, 0.1) is 18.2 Å². The first-order valence-electron chi connectivity index (χ1n) is 22.7. The average molecular weight is 1050 g/mol. The molecule has 0 bridgehead atoms. The van der Waals surface area contributed by atoms with Crippen LogP contribution in [-0.2, 0) is 45.8 Å². The van der Waals surface area contributed by atoms with Gasteiger partial charge in [0.1, 0.15) is 0 Å². The molecule has 7 aromatic carbocycles. The quantitative estimate of drug-likeness (QED) is 0.0904. The Morgan fingerprint density at radius 1 is 0.441 bits per heavy atom. The van der Waals surface area contributed by atoms with Crippen LogP contribution in [0.5, 0.6) is 0 Å². The fraction of sp³-hybridized carbons (Fsp3) is 0.0645. The number of hydrogen-bond acceptors (Lipinski definition) is 4. The Morgan fingerprint density at radius 2 is 1.00 bits per heavy atom. The first kappa shape index (κ1) is 44.0. The van der Waals surface area contributed by atoms with E-state index >= 15 is 0 Å². The number of benzene rings is 7. The molecule has 0 radical (unpaired) electrons. The van der Waals surface area contributed by atoms with E-state index in [0.29, 0.717) is 5.65 Å². The molecule has 0 atom stereocenters. The summed E-state index contributed by atoms with van der Waals surface area (Å²) in [5.74, 6) is 0. The van der Waals surface area contributed by atoms with Gasteiger partial charge in [-0.15, -0.1) is 99.8 Å². The van der Waals surface area contributed by atoms with Gasteiger partial charge in [0.2, 0.25) is 0 Å². The minimum atomic E-state index is -0.285. The van der Waals surface area contributed by atoms with Gasteiger partial charge in [-0.3, -0.25) is 4.79 Å². The second-order valence-electron chi connectivity index (χ2n) is 16.9. The van der Waals surface area contributed by atoms with E-state index in [-0.39, 0.29) is 25.7 Å². The first-order chi connectivity index (χ1) is 33.1. The molecule has 6 heteroatoms. The van der Waals surface area contributed by atoms with E-state index in [2.05, 4.69) is 161 Å². The minimum Gasteiger partial charge on any atom is -0.342 e. The van der Waals surface area contributed by atoms with Crippen LogP contribution in [0.3, 0.4) is 0 Å². The van der Waals surface area contributed by atoms with Crippen molar-refractivity contribution >= 4 is 16.4 Å². The number of rotatable bonds is 12. The van der Waals surface area contributed by atoms with Crippen molar-refractivity contribution in [1.29, 1.82) is 0 Å². The molecule has 0 spiro atoms. The maximum absolute atomic E-state index is 13.2. The zero-order valence-corrected chi connectivity index (χ0v) is 39.5. The molecule has 0 unspecified atom stereocenters. The molecule has 68 heavy (non-hydrogen) atoms. The number of hydrogen-bond donors (Lipinski definition) is 0. The Bertz CT molecular complexity index is 3450. The van der Waals surface area contributed by atoms with Crippen molar-refractivity contribution in [1.82, 2.24) is 19.4 Å². The molecule has 11 aromatic rings. The van der Waals surface area contributed by atoms with Crippen LogP contribution in [0.15, 0.2) is 218 Å². The maximum atomic E-state index is 13.2. The standard InChI is InChI=1S/C62H43N4O.Ir/c67-61-42-60(51-30-28-48(29-31-51)47-10-2-1-3-11-47)66-37-34-53-41-52(32-33-57(53)62(66)65-61)55-12-4-5-13-56(55)54-39-45(18-16-43-20-24-49(25-21-43)58-14-6-8-35-63-58)38-46(40-54)19-17-44-22-26-50(27-23-44)59-15-7-9-36-64-59;/h1-15,20-24,26,28-32,34-42H,16-19H2;/q-3;+3. The number of aryl methyl sites for hydroxylation is 4. The van der Waals surface area contributed by atoms with Crippen LogP contribution >= 0.6 is 0 Å². The van der Waals surface area contributed by atoms with Gasteiger partial charge in [0.15, 0.2) is 0 Å².